The highest BCUT2D eigenvalue weighted by Crippen LogP contribution is 2.26. The molecule has 0 radical (unpaired) electrons. The van der Waals surface area contributed by atoms with E-state index in [0.29, 0.717) is 11.0 Å². The minimum atomic E-state index is -4.10. The molecule has 4 rings (SSSR count). The van der Waals surface area contributed by atoms with Crippen LogP contribution >= 0.6 is 0 Å². The molecule has 0 aliphatic rings. The number of nitro benzene ring substituents is 1. The highest BCUT2D eigenvalue weighted by Gasteiger charge is 2.22. The highest BCUT2D eigenvalue weighted by molar-refractivity contribution is 7.92. The fourth-order valence-corrected chi connectivity index (χ4v) is 5.51. The summed E-state index contributed by atoms with van der Waals surface area (Å²) < 4.78 is 58.8. The maximum absolute atomic E-state index is 12.8. The van der Waals surface area contributed by atoms with Crippen molar-refractivity contribution in [2.24, 2.45) is 0 Å². The lowest BCUT2D eigenvalue weighted by Crippen LogP contribution is -2.13. The third-order valence-corrected chi connectivity index (χ3v) is 7.51. The average Bonchev–Trinajstić information content (AvgIpc) is 3.19. The topological polar surface area (TPSA) is 137 Å². The number of benzene rings is 3. The van der Waals surface area contributed by atoms with E-state index in [9.17, 15) is 26.9 Å². The Hall–Kier alpha value is -3.70. The third kappa shape index (κ3) is 4.48. The third-order valence-electron chi connectivity index (χ3n) is 4.59. The monoisotopic (exact) mass is 472 g/mol. The molecule has 0 aliphatic heterocycles. The van der Waals surface area contributed by atoms with Crippen molar-refractivity contribution in [1.82, 2.24) is 0 Å². The molecule has 0 fully saturated rings. The number of non-ortho nitro benzene ring substituents is 1. The van der Waals surface area contributed by atoms with Crippen molar-refractivity contribution in [3.8, 4) is 0 Å². The summed E-state index contributed by atoms with van der Waals surface area (Å²) in [5.41, 5.74) is 0.462. The summed E-state index contributed by atoms with van der Waals surface area (Å²) in [5.74, 6) is -0.478. The zero-order chi connectivity index (χ0) is 22.9. The number of sulfonamides is 1. The molecule has 3 aromatic carbocycles. The van der Waals surface area contributed by atoms with Crippen LogP contribution in [0.25, 0.3) is 11.0 Å². The summed E-state index contributed by atoms with van der Waals surface area (Å²) >= 11 is 0. The lowest BCUT2D eigenvalue weighted by Gasteiger charge is -2.09. The average molecular weight is 473 g/mol. The van der Waals surface area contributed by atoms with Crippen LogP contribution < -0.4 is 4.72 Å². The van der Waals surface area contributed by atoms with Crippen molar-refractivity contribution in [2.75, 3.05) is 4.72 Å². The Labute approximate surface area is 183 Å². The first kappa shape index (κ1) is 21.5. The number of hydrogen-bond donors (Lipinski definition) is 1. The van der Waals surface area contributed by atoms with Crippen LogP contribution in [0.3, 0.4) is 0 Å². The van der Waals surface area contributed by atoms with Crippen molar-refractivity contribution in [3.05, 3.63) is 94.5 Å². The van der Waals surface area contributed by atoms with Crippen LogP contribution in [0.5, 0.6) is 0 Å². The van der Waals surface area contributed by atoms with E-state index in [4.69, 9.17) is 4.42 Å². The maximum Gasteiger partial charge on any atom is 0.295 e. The van der Waals surface area contributed by atoms with Crippen LogP contribution in [0.1, 0.15) is 5.56 Å². The Bertz CT molecular complexity index is 1510. The number of anilines is 1. The Kier molecular flexibility index (Phi) is 5.45. The molecule has 164 valence electrons. The normalized spacial score (nSPS) is 12.0. The number of hydrogen-bond acceptors (Lipinski definition) is 7. The van der Waals surface area contributed by atoms with E-state index in [1.54, 1.807) is 24.3 Å². The van der Waals surface area contributed by atoms with Crippen LogP contribution in [0.2, 0.25) is 0 Å². The van der Waals surface area contributed by atoms with Gasteiger partial charge in [0.25, 0.3) is 15.7 Å². The molecule has 4 aromatic rings. The van der Waals surface area contributed by atoms with Gasteiger partial charge >= 0.3 is 0 Å². The molecule has 9 nitrogen and oxygen atoms in total. The summed E-state index contributed by atoms with van der Waals surface area (Å²) in [6, 6.07) is 18.8. The van der Waals surface area contributed by atoms with E-state index in [1.165, 1.54) is 54.6 Å². The van der Waals surface area contributed by atoms with Crippen molar-refractivity contribution in [3.63, 3.8) is 0 Å². The number of nitrogens with zero attached hydrogens (tertiary/aromatic N) is 1. The van der Waals surface area contributed by atoms with Crippen molar-refractivity contribution in [1.29, 1.82) is 0 Å². The highest BCUT2D eigenvalue weighted by atomic mass is 32.2. The van der Waals surface area contributed by atoms with Gasteiger partial charge in [-0.05, 0) is 29.8 Å². The molecule has 0 bridgehead atoms. The number of rotatable bonds is 7. The first-order valence-electron chi connectivity index (χ1n) is 9.22. The molecular weight excluding hydrogens is 456 g/mol. The standard InChI is InChI=1S/C21H16N2O7S2/c24-23(25)18-8-3-5-15(11-18)14-31(26,27)19-9-4-7-17(13-19)22-32(28,29)21-12-16-6-1-2-10-20(16)30-21/h1-13,22H,14H2. The van der Waals surface area contributed by atoms with Crippen molar-refractivity contribution < 1.29 is 26.2 Å². The molecular formula is C21H16N2O7S2. The largest absolute Gasteiger partial charge is 0.443 e. The van der Waals surface area contributed by atoms with Gasteiger partial charge in [0.2, 0.25) is 5.09 Å². The lowest BCUT2D eigenvalue weighted by atomic mass is 10.2. The molecule has 0 aliphatic carbocycles. The minimum absolute atomic E-state index is 0.0329. The SMILES string of the molecule is O=[N+]([O-])c1cccc(CS(=O)(=O)c2cccc(NS(=O)(=O)c3cc4ccccc4o3)c2)c1. The zero-order valence-corrected chi connectivity index (χ0v) is 18.0. The van der Waals surface area contributed by atoms with Crippen molar-refractivity contribution >= 4 is 42.2 Å². The van der Waals surface area contributed by atoms with E-state index >= 15 is 0 Å². The number of para-hydroxylation sites is 1. The fourth-order valence-electron chi connectivity index (χ4n) is 3.11. The van der Waals surface area contributed by atoms with Crippen LogP contribution in [-0.2, 0) is 25.6 Å². The molecule has 0 amide bonds. The van der Waals surface area contributed by atoms with Gasteiger partial charge in [-0.3, -0.25) is 14.8 Å². The minimum Gasteiger partial charge on any atom is -0.443 e. The predicted octanol–water partition coefficient (Wildman–Crippen LogP) is 4.12. The summed E-state index contributed by atoms with van der Waals surface area (Å²) in [5, 5.41) is 11.2. The van der Waals surface area contributed by atoms with Gasteiger partial charge in [-0.2, -0.15) is 8.42 Å². The van der Waals surface area contributed by atoms with Gasteiger partial charge in [-0.1, -0.05) is 36.4 Å². The predicted molar refractivity (Wildman–Crippen MR) is 117 cm³/mol. The van der Waals surface area contributed by atoms with E-state index in [0.717, 1.165) is 0 Å². The van der Waals surface area contributed by atoms with Gasteiger partial charge in [0, 0.05) is 23.6 Å². The molecule has 0 unspecified atom stereocenters. The molecule has 0 saturated carbocycles. The Balaban J connectivity index is 1.60. The molecule has 1 N–H and O–H groups in total. The number of nitrogens with one attached hydrogen (secondary N) is 1. The second-order valence-electron chi connectivity index (χ2n) is 6.92. The first-order valence-corrected chi connectivity index (χ1v) is 12.4. The van der Waals surface area contributed by atoms with Gasteiger partial charge in [0.05, 0.1) is 21.3 Å². The summed E-state index contributed by atoms with van der Waals surface area (Å²) in [7, 11) is -8.00. The van der Waals surface area contributed by atoms with Gasteiger partial charge in [-0.15, -0.1) is 0 Å². The molecule has 0 spiro atoms. The van der Waals surface area contributed by atoms with E-state index < -0.39 is 30.5 Å². The molecule has 1 heterocycles. The van der Waals surface area contributed by atoms with E-state index in [1.807, 2.05) is 0 Å². The fraction of sp³-hybridized carbons (Fsp3) is 0.0476. The van der Waals surface area contributed by atoms with Gasteiger partial charge in [-0.25, -0.2) is 8.42 Å². The van der Waals surface area contributed by atoms with Crippen LogP contribution in [0, 0.1) is 10.1 Å². The van der Waals surface area contributed by atoms with Crippen LogP contribution in [-0.4, -0.2) is 21.8 Å². The lowest BCUT2D eigenvalue weighted by molar-refractivity contribution is -0.384. The van der Waals surface area contributed by atoms with Gasteiger partial charge < -0.3 is 4.42 Å². The second kappa shape index (κ2) is 8.09. The number of fused-ring (bicyclic) bond motifs is 1. The van der Waals surface area contributed by atoms with Crippen LogP contribution in [0.4, 0.5) is 11.4 Å². The quantitative estimate of drug-likeness (QED) is 0.315. The molecule has 1 aromatic heterocycles. The molecule has 0 saturated heterocycles. The molecule has 11 heteroatoms. The van der Waals surface area contributed by atoms with E-state index in [2.05, 4.69) is 4.72 Å². The summed E-state index contributed by atoms with van der Waals surface area (Å²) in [4.78, 5) is 10.2. The zero-order valence-electron chi connectivity index (χ0n) is 16.3. The Morgan fingerprint density at radius 2 is 1.62 bits per heavy atom. The van der Waals surface area contributed by atoms with Crippen LogP contribution in [0.15, 0.2) is 93.3 Å². The van der Waals surface area contributed by atoms with E-state index in [-0.39, 0.29) is 26.9 Å². The summed E-state index contributed by atoms with van der Waals surface area (Å²) in [6.07, 6.45) is 0. The van der Waals surface area contributed by atoms with Gasteiger partial charge in [0.15, 0.2) is 9.84 Å². The second-order valence-corrected chi connectivity index (χ2v) is 10.5. The number of furan rings is 1. The first-order chi connectivity index (χ1) is 15.1. The summed E-state index contributed by atoms with van der Waals surface area (Å²) in [6.45, 7) is 0. The molecule has 32 heavy (non-hydrogen) atoms. The number of sulfone groups is 1. The van der Waals surface area contributed by atoms with Crippen molar-refractivity contribution in [2.45, 2.75) is 15.7 Å². The molecule has 0 atom stereocenters. The smallest absolute Gasteiger partial charge is 0.295 e. The Morgan fingerprint density at radius 3 is 2.38 bits per heavy atom. The maximum atomic E-state index is 12.8. The Morgan fingerprint density at radius 1 is 0.875 bits per heavy atom. The number of nitro groups is 1. The van der Waals surface area contributed by atoms with Gasteiger partial charge in [0.1, 0.15) is 5.58 Å².